The Balaban J connectivity index is 1.60. The Hall–Kier alpha value is -5.24. The van der Waals surface area contributed by atoms with Crippen molar-refractivity contribution in [3.63, 3.8) is 0 Å². The number of esters is 1. The smallest absolute Gasteiger partial charge is 0.407 e. The van der Waals surface area contributed by atoms with Gasteiger partial charge in [-0.05, 0) is 47.9 Å². The molecule has 0 aromatic heterocycles. The predicted molar refractivity (Wildman–Crippen MR) is 178 cm³/mol. The second-order valence-corrected chi connectivity index (χ2v) is 11.9. The number of hydrogen-bond acceptors (Lipinski definition) is 9. The van der Waals surface area contributed by atoms with Crippen molar-refractivity contribution < 1.29 is 48.1 Å². The van der Waals surface area contributed by atoms with E-state index in [9.17, 15) is 28.8 Å². The van der Waals surface area contributed by atoms with Crippen molar-refractivity contribution in [2.24, 2.45) is 5.92 Å². The van der Waals surface area contributed by atoms with E-state index in [1.54, 1.807) is 0 Å². The number of amides is 4. The largest absolute Gasteiger partial charge is 0.480 e. The highest BCUT2D eigenvalue weighted by Gasteiger charge is 2.31. The number of aliphatic carboxylic acids is 1. The number of benzene rings is 2. The van der Waals surface area contributed by atoms with Crippen LogP contribution in [0.5, 0.6) is 0 Å². The first-order valence-electron chi connectivity index (χ1n) is 16.0. The van der Waals surface area contributed by atoms with Gasteiger partial charge in [0.1, 0.15) is 44.7 Å². The monoisotopic (exact) mass is 680 g/mol. The lowest BCUT2D eigenvalue weighted by Crippen LogP contribution is -2.56. The van der Waals surface area contributed by atoms with Crippen molar-refractivity contribution in [1.82, 2.24) is 21.3 Å². The molecule has 0 saturated heterocycles. The molecule has 3 rings (SSSR count). The zero-order chi connectivity index (χ0) is 35.9. The minimum Gasteiger partial charge on any atom is -0.480 e. The maximum atomic E-state index is 13.3. The Kier molecular flexibility index (Phi) is 14.8. The van der Waals surface area contributed by atoms with Gasteiger partial charge in [0.15, 0.2) is 0 Å². The second-order valence-electron chi connectivity index (χ2n) is 11.9. The summed E-state index contributed by atoms with van der Waals surface area (Å²) in [5, 5.41) is 18.7. The van der Waals surface area contributed by atoms with E-state index in [1.807, 2.05) is 62.4 Å². The van der Waals surface area contributed by atoms with Crippen LogP contribution in [0.2, 0.25) is 0 Å². The molecule has 1 aliphatic rings. The molecule has 49 heavy (non-hydrogen) atoms. The molecule has 0 fully saturated rings. The van der Waals surface area contributed by atoms with Gasteiger partial charge in [-0.25, -0.2) is 9.59 Å². The van der Waals surface area contributed by atoms with E-state index < -0.39 is 67.2 Å². The number of rotatable bonds is 19. The molecule has 264 valence electrons. The van der Waals surface area contributed by atoms with E-state index in [4.69, 9.17) is 19.3 Å². The molecule has 0 aliphatic heterocycles. The maximum Gasteiger partial charge on any atom is 0.407 e. The van der Waals surface area contributed by atoms with Crippen LogP contribution in [0.4, 0.5) is 4.79 Å². The Morgan fingerprint density at radius 2 is 1.47 bits per heavy atom. The SMILES string of the molecule is C=CCOC(=O)CC[C@H](NC(=O)[C@H](C)NC(=O)[C@@H](CC(C)C)NC(=O)OCC1c2ccccc2-c2ccccc21)C(=O)NCOCC(=O)O. The van der Waals surface area contributed by atoms with Gasteiger partial charge in [0.2, 0.25) is 17.7 Å². The topological polar surface area (TPSA) is 198 Å². The van der Waals surface area contributed by atoms with Crippen molar-refractivity contribution in [3.05, 3.63) is 72.3 Å². The Morgan fingerprint density at radius 1 is 0.837 bits per heavy atom. The number of carboxylic acid groups (broad SMARTS) is 1. The van der Waals surface area contributed by atoms with Crippen LogP contribution in [-0.4, -0.2) is 85.5 Å². The molecular formula is C35H44N4O10. The summed E-state index contributed by atoms with van der Waals surface area (Å²) in [5.41, 5.74) is 4.24. The number of carboxylic acids is 1. The predicted octanol–water partition coefficient (Wildman–Crippen LogP) is 2.61. The first-order chi connectivity index (χ1) is 23.4. The Bertz CT molecular complexity index is 1470. The first kappa shape index (κ1) is 38.2. The molecule has 0 radical (unpaired) electrons. The Morgan fingerprint density at radius 3 is 2.06 bits per heavy atom. The second kappa shape index (κ2) is 18.9. The molecule has 4 amide bonds. The number of ether oxygens (including phenoxy) is 3. The standard InChI is InChI=1S/C35H44N4O10/c1-5-16-48-31(42)15-14-28(33(44)36-20-47-19-30(40)41)38-32(43)22(4)37-34(45)29(17-21(2)3)39-35(46)49-18-27-25-12-8-6-10-23(25)24-11-7-9-13-26(24)27/h5-13,21-22,27-29H,1,14-20H2,2-4H3,(H,36,44)(H,37,45)(H,38,43)(H,39,46)(H,40,41)/t22-,28-,29+/m0/s1. The molecule has 5 N–H and O–H groups in total. The quantitative estimate of drug-likeness (QED) is 0.0636. The molecule has 14 heteroatoms. The molecule has 3 atom stereocenters. The minimum atomic E-state index is -1.25. The van der Waals surface area contributed by atoms with E-state index in [0.29, 0.717) is 0 Å². The minimum absolute atomic E-state index is 0.00830. The normalized spacial score (nSPS) is 13.6. The molecular weight excluding hydrogens is 636 g/mol. The average Bonchev–Trinajstić information content (AvgIpc) is 3.39. The summed E-state index contributed by atoms with van der Waals surface area (Å²) in [6.45, 7) is 7.52. The third-order valence-electron chi connectivity index (χ3n) is 7.62. The van der Waals surface area contributed by atoms with E-state index in [2.05, 4.69) is 27.8 Å². The van der Waals surface area contributed by atoms with Gasteiger partial charge in [0, 0.05) is 12.3 Å². The van der Waals surface area contributed by atoms with Gasteiger partial charge in [-0.1, -0.05) is 75.0 Å². The number of alkyl carbamates (subject to hydrolysis) is 1. The molecule has 14 nitrogen and oxygen atoms in total. The molecule has 0 saturated carbocycles. The van der Waals surface area contributed by atoms with Crippen molar-refractivity contribution in [2.75, 3.05) is 26.6 Å². The fourth-order valence-corrected chi connectivity index (χ4v) is 5.30. The lowest BCUT2D eigenvalue weighted by atomic mass is 9.98. The van der Waals surface area contributed by atoms with Crippen molar-refractivity contribution in [1.29, 1.82) is 0 Å². The number of hydrogen-bond donors (Lipinski definition) is 5. The van der Waals surface area contributed by atoms with Crippen LogP contribution < -0.4 is 21.3 Å². The van der Waals surface area contributed by atoms with Gasteiger partial charge in [-0.3, -0.25) is 19.2 Å². The van der Waals surface area contributed by atoms with Crippen LogP contribution in [0.1, 0.15) is 57.1 Å². The van der Waals surface area contributed by atoms with Crippen LogP contribution in [0.25, 0.3) is 11.1 Å². The van der Waals surface area contributed by atoms with Gasteiger partial charge < -0.3 is 40.6 Å². The summed E-state index contributed by atoms with van der Waals surface area (Å²) in [4.78, 5) is 74.8. The van der Waals surface area contributed by atoms with Gasteiger partial charge in [-0.15, -0.1) is 0 Å². The highest BCUT2D eigenvalue weighted by atomic mass is 16.5. The van der Waals surface area contributed by atoms with E-state index >= 15 is 0 Å². The number of carbonyl (C=O) groups is 6. The zero-order valence-corrected chi connectivity index (χ0v) is 27.9. The van der Waals surface area contributed by atoms with Crippen LogP contribution in [0.15, 0.2) is 61.2 Å². The summed E-state index contributed by atoms with van der Waals surface area (Å²) in [6, 6.07) is 12.4. The zero-order valence-electron chi connectivity index (χ0n) is 27.9. The maximum absolute atomic E-state index is 13.3. The molecule has 1 aliphatic carbocycles. The molecule has 0 spiro atoms. The molecule has 2 aromatic rings. The average molecular weight is 681 g/mol. The van der Waals surface area contributed by atoms with Gasteiger partial charge in [0.05, 0.1) is 0 Å². The highest BCUT2D eigenvalue weighted by molar-refractivity contribution is 5.93. The Labute approximate surface area is 284 Å². The van der Waals surface area contributed by atoms with Gasteiger partial charge >= 0.3 is 18.0 Å². The first-order valence-corrected chi connectivity index (χ1v) is 16.0. The van der Waals surface area contributed by atoms with Crippen LogP contribution >= 0.6 is 0 Å². The van der Waals surface area contributed by atoms with E-state index in [0.717, 1.165) is 22.3 Å². The van der Waals surface area contributed by atoms with Crippen molar-refractivity contribution >= 4 is 35.8 Å². The lowest BCUT2D eigenvalue weighted by Gasteiger charge is -2.24. The number of fused-ring (bicyclic) bond motifs is 3. The third kappa shape index (κ3) is 11.7. The summed E-state index contributed by atoms with van der Waals surface area (Å²) in [5.74, 6) is -4.18. The van der Waals surface area contributed by atoms with Gasteiger partial charge in [-0.2, -0.15) is 0 Å². The summed E-state index contributed by atoms with van der Waals surface area (Å²) in [7, 11) is 0. The lowest BCUT2D eigenvalue weighted by molar-refractivity contribution is -0.144. The summed E-state index contributed by atoms with van der Waals surface area (Å²) in [6.07, 6.45) is 0.447. The van der Waals surface area contributed by atoms with Crippen LogP contribution in [0.3, 0.4) is 0 Å². The van der Waals surface area contributed by atoms with Crippen molar-refractivity contribution in [2.45, 2.75) is 64.1 Å². The number of carbonyl (C=O) groups excluding carboxylic acids is 5. The van der Waals surface area contributed by atoms with E-state index in [-0.39, 0.29) is 44.3 Å². The molecule has 2 aromatic carbocycles. The number of nitrogens with one attached hydrogen (secondary N) is 4. The highest BCUT2D eigenvalue weighted by Crippen LogP contribution is 2.44. The van der Waals surface area contributed by atoms with Gasteiger partial charge in [0.25, 0.3) is 0 Å². The summed E-state index contributed by atoms with van der Waals surface area (Å²) < 4.78 is 15.4. The fourth-order valence-electron chi connectivity index (χ4n) is 5.30. The van der Waals surface area contributed by atoms with Crippen LogP contribution in [-0.2, 0) is 38.2 Å². The van der Waals surface area contributed by atoms with Crippen LogP contribution in [0, 0.1) is 5.92 Å². The molecule has 0 bridgehead atoms. The fraction of sp³-hybridized carbons (Fsp3) is 0.429. The van der Waals surface area contributed by atoms with E-state index in [1.165, 1.54) is 13.0 Å². The molecule has 0 heterocycles. The van der Waals surface area contributed by atoms with Crippen molar-refractivity contribution in [3.8, 4) is 11.1 Å². The third-order valence-corrected chi connectivity index (χ3v) is 7.62. The molecule has 0 unspecified atom stereocenters. The summed E-state index contributed by atoms with van der Waals surface area (Å²) >= 11 is 0.